The summed E-state index contributed by atoms with van der Waals surface area (Å²) in [4.78, 5) is 45.9. The van der Waals surface area contributed by atoms with Crippen molar-refractivity contribution in [1.29, 1.82) is 0 Å². The second kappa shape index (κ2) is 11.9. The van der Waals surface area contributed by atoms with Crippen LogP contribution in [-0.4, -0.2) is 29.4 Å². The maximum Gasteiger partial charge on any atom is 2.00 e. The Labute approximate surface area is 247 Å². The average molecular weight is 631 g/mol. The molecule has 0 unspecified atom stereocenters. The van der Waals surface area contributed by atoms with Crippen LogP contribution in [0.15, 0.2) is 66.9 Å². The zero-order valence-electron chi connectivity index (χ0n) is 22.3. The molecule has 2 aromatic heterocycles. The van der Waals surface area contributed by atoms with Crippen molar-refractivity contribution in [1.82, 2.24) is 15.3 Å². The second-order valence-electron chi connectivity index (χ2n) is 9.30. The van der Waals surface area contributed by atoms with Crippen molar-refractivity contribution in [2.24, 2.45) is 0 Å². The number of aryl methyl sites for hydroxylation is 2. The third-order valence-electron chi connectivity index (χ3n) is 6.83. The van der Waals surface area contributed by atoms with Crippen molar-refractivity contribution < 1.29 is 43.3 Å². The standard InChI is InChI=1S/C21H11N3O2.C10H13O2.CO.Ru/c25-20-16-14-11-6-2-1-5-10(11)9-22-18(14)19-15(17(16)21(26)24-20)12-7-3-4-8-13(12)23-19;1-4-12-10(11)9-6-7(2)5-8(9)3;1-2;/h1-9H,(H2,22,23,24,25,26);5-6H,4H2,1-3H3;;/q;-1;;+2/p-1. The van der Waals surface area contributed by atoms with Crippen molar-refractivity contribution in [3.05, 3.63) is 101 Å². The Kier molecular flexibility index (Phi) is 8.55. The van der Waals surface area contributed by atoms with Gasteiger partial charge in [0.05, 0.1) is 23.3 Å². The van der Waals surface area contributed by atoms with Crippen LogP contribution in [0.5, 0.6) is 0 Å². The molecule has 41 heavy (non-hydrogen) atoms. The molecule has 4 aromatic carbocycles. The van der Waals surface area contributed by atoms with Crippen LogP contribution in [0.25, 0.3) is 43.5 Å². The molecule has 7 rings (SSSR count). The van der Waals surface area contributed by atoms with Crippen LogP contribution < -0.4 is 10.3 Å². The predicted octanol–water partition coefficient (Wildman–Crippen LogP) is 5.69. The number of fused-ring (bicyclic) bond motifs is 10. The zero-order chi connectivity index (χ0) is 28.6. The Morgan fingerprint density at radius 3 is 2.29 bits per heavy atom. The van der Waals surface area contributed by atoms with Crippen LogP contribution in [0.2, 0.25) is 0 Å². The van der Waals surface area contributed by atoms with E-state index in [1.54, 1.807) is 6.20 Å². The average Bonchev–Trinajstić information content (AvgIpc) is 3.61. The number of hydrogen-bond acceptors (Lipinski definition) is 5. The molecule has 0 bridgehead atoms. The minimum atomic E-state index is -0.375. The second-order valence-corrected chi connectivity index (χ2v) is 9.30. The summed E-state index contributed by atoms with van der Waals surface area (Å²) in [7, 11) is 0. The minimum Gasteiger partial charge on any atom is 2.00 e. The van der Waals surface area contributed by atoms with Gasteiger partial charge in [0, 0.05) is 17.0 Å². The summed E-state index contributed by atoms with van der Waals surface area (Å²) in [6, 6.07) is 19.2. The van der Waals surface area contributed by atoms with Crippen molar-refractivity contribution in [2.45, 2.75) is 20.8 Å². The van der Waals surface area contributed by atoms with Crippen molar-refractivity contribution in [3.8, 4) is 0 Å². The normalized spacial score (nSPS) is 11.7. The van der Waals surface area contributed by atoms with Gasteiger partial charge in [-0.15, -0.1) is 11.0 Å². The van der Waals surface area contributed by atoms with Gasteiger partial charge in [0.15, 0.2) is 0 Å². The minimum absolute atomic E-state index is 0. The summed E-state index contributed by atoms with van der Waals surface area (Å²) < 4.78 is 12.4. The molecule has 1 aliphatic heterocycles. The van der Waals surface area contributed by atoms with Gasteiger partial charge >= 0.3 is 30.8 Å². The molecular weight excluding hydrogens is 607 g/mol. The summed E-state index contributed by atoms with van der Waals surface area (Å²) in [5, 5.41) is 6.53. The van der Waals surface area contributed by atoms with E-state index in [1.165, 1.54) is 0 Å². The van der Waals surface area contributed by atoms with Gasteiger partial charge in [-0.25, -0.2) is 0 Å². The number of esters is 1. The fraction of sp³-hybridized carbons (Fsp3) is 0.125. The third-order valence-corrected chi connectivity index (χ3v) is 6.83. The molecule has 0 fully saturated rings. The van der Waals surface area contributed by atoms with Crippen molar-refractivity contribution >= 4 is 61.3 Å². The van der Waals surface area contributed by atoms with Gasteiger partial charge in [-0.05, 0) is 23.1 Å². The first kappa shape index (κ1) is 29.4. The van der Waals surface area contributed by atoms with E-state index in [0.29, 0.717) is 45.1 Å². The van der Waals surface area contributed by atoms with Crippen LogP contribution in [-0.2, 0) is 28.9 Å². The molecule has 0 saturated heterocycles. The number of aromatic nitrogens is 2. The first-order valence-electron chi connectivity index (χ1n) is 12.5. The first-order chi connectivity index (χ1) is 19.4. The van der Waals surface area contributed by atoms with Gasteiger partial charge < -0.3 is 9.72 Å². The molecule has 9 heteroatoms. The SMILES string of the molecule is CCOC(=O)c1cc(C)[cH-]c1C.O=C1NC(=O)c2c1c1c3ccccc3cnc1c1[n-]c3ccccc3c21.[C-]#[O+].[Ru+2]. The van der Waals surface area contributed by atoms with E-state index >= 15 is 0 Å². The monoisotopic (exact) mass is 631 g/mol. The van der Waals surface area contributed by atoms with Gasteiger partial charge in [-0.3, -0.25) is 24.7 Å². The van der Waals surface area contributed by atoms with E-state index in [9.17, 15) is 14.4 Å². The van der Waals surface area contributed by atoms with Crippen LogP contribution in [0.1, 0.15) is 49.1 Å². The first-order valence-corrected chi connectivity index (χ1v) is 12.5. The molecular formula is C32H23N3O5Ru. The Bertz CT molecular complexity index is 2000. The summed E-state index contributed by atoms with van der Waals surface area (Å²) in [5.74, 6) is -0.966. The fourth-order valence-corrected chi connectivity index (χ4v) is 5.27. The molecule has 8 nitrogen and oxygen atoms in total. The number of carbonyl (C=O) groups excluding carboxylic acids is 3. The molecule has 6 aromatic rings. The Hall–Kier alpha value is -4.55. The van der Waals surface area contributed by atoms with Crippen LogP contribution in [0.4, 0.5) is 0 Å². The number of carbonyl (C=O) groups is 3. The molecule has 0 atom stereocenters. The quantitative estimate of drug-likeness (QED) is 0.0656. The summed E-state index contributed by atoms with van der Waals surface area (Å²) >= 11 is 0. The van der Waals surface area contributed by atoms with Crippen LogP contribution in [0, 0.1) is 20.5 Å². The van der Waals surface area contributed by atoms with Gasteiger partial charge in [0.25, 0.3) is 17.8 Å². The van der Waals surface area contributed by atoms with Crippen LogP contribution in [0.3, 0.4) is 0 Å². The topological polar surface area (TPSA) is 119 Å². The zero-order valence-corrected chi connectivity index (χ0v) is 24.1. The van der Waals surface area contributed by atoms with Crippen molar-refractivity contribution in [2.75, 3.05) is 6.61 Å². The van der Waals surface area contributed by atoms with E-state index in [0.717, 1.165) is 32.8 Å². The molecule has 1 aliphatic rings. The van der Waals surface area contributed by atoms with Gasteiger partial charge in [-0.1, -0.05) is 67.9 Å². The summed E-state index contributed by atoms with van der Waals surface area (Å²) in [6.07, 6.45) is 1.79. The summed E-state index contributed by atoms with van der Waals surface area (Å²) in [5.41, 5.74) is 5.70. The molecule has 0 radical (unpaired) electrons. The van der Waals surface area contributed by atoms with Gasteiger partial charge in [0.1, 0.15) is 0 Å². The third kappa shape index (κ3) is 4.96. The number of nitrogens with one attached hydrogen (secondary N) is 1. The number of pyridine rings is 1. The van der Waals surface area contributed by atoms with E-state index in [-0.39, 0.29) is 37.3 Å². The molecule has 3 heterocycles. The van der Waals surface area contributed by atoms with Gasteiger partial charge in [-0.2, -0.15) is 23.3 Å². The Morgan fingerprint density at radius 2 is 1.63 bits per heavy atom. The molecule has 2 amide bonds. The van der Waals surface area contributed by atoms with E-state index in [1.807, 2.05) is 81.4 Å². The van der Waals surface area contributed by atoms with E-state index in [2.05, 4.69) is 17.0 Å². The van der Waals surface area contributed by atoms with E-state index in [4.69, 9.17) is 14.4 Å². The maximum atomic E-state index is 12.7. The number of nitrogens with zero attached hydrogens (tertiary/aromatic N) is 2. The largest absolute Gasteiger partial charge is 2.00 e. The fourth-order valence-electron chi connectivity index (χ4n) is 5.27. The number of rotatable bonds is 2. The smallest absolute Gasteiger partial charge is 2.00 e. The molecule has 0 spiro atoms. The molecule has 0 saturated carbocycles. The number of hydrogen-bond donors (Lipinski definition) is 1. The molecule has 1 N–H and O–H groups in total. The number of ether oxygens (including phenoxy) is 1. The van der Waals surface area contributed by atoms with Crippen LogP contribution >= 0.6 is 0 Å². The predicted molar refractivity (Wildman–Crippen MR) is 151 cm³/mol. The number of amides is 2. The number of imide groups is 1. The Morgan fingerprint density at radius 1 is 1.00 bits per heavy atom. The summed E-state index contributed by atoms with van der Waals surface area (Å²) in [6.45, 7) is 10.6. The molecule has 204 valence electrons. The Balaban J connectivity index is 0.000000221. The number of para-hydroxylation sites is 1. The molecule has 0 aliphatic carbocycles. The van der Waals surface area contributed by atoms with E-state index < -0.39 is 0 Å². The van der Waals surface area contributed by atoms with Gasteiger partial charge in [0.2, 0.25) is 0 Å². The maximum absolute atomic E-state index is 12.7. The number of benzene rings is 3. The van der Waals surface area contributed by atoms with Crippen molar-refractivity contribution in [3.63, 3.8) is 0 Å².